The number of hydrogen-bond acceptors (Lipinski definition) is 2. The van der Waals surface area contributed by atoms with E-state index in [0.717, 1.165) is 6.54 Å². The van der Waals surface area contributed by atoms with Crippen molar-refractivity contribution in [2.75, 3.05) is 6.54 Å². The van der Waals surface area contributed by atoms with Crippen LogP contribution in [-0.2, 0) is 6.42 Å². The van der Waals surface area contributed by atoms with E-state index in [4.69, 9.17) is 0 Å². The molecule has 1 aliphatic rings. The van der Waals surface area contributed by atoms with Crippen molar-refractivity contribution in [3.63, 3.8) is 0 Å². The molecule has 1 aliphatic carbocycles. The van der Waals surface area contributed by atoms with Crippen molar-refractivity contribution >= 4 is 11.3 Å². The molecule has 0 bridgehead atoms. The molecule has 1 saturated carbocycles. The van der Waals surface area contributed by atoms with E-state index in [1.807, 2.05) is 11.3 Å². The minimum atomic E-state index is 0.519. The van der Waals surface area contributed by atoms with Crippen LogP contribution in [-0.4, -0.2) is 6.54 Å². The summed E-state index contributed by atoms with van der Waals surface area (Å²) in [6, 6.07) is 5.30. The smallest absolute Gasteiger partial charge is 0.0471 e. The van der Waals surface area contributed by atoms with E-state index in [2.05, 4.69) is 38.2 Å². The van der Waals surface area contributed by atoms with Crippen LogP contribution in [0.2, 0.25) is 0 Å². The number of hydrogen-bond donors (Lipinski definition) is 1. The fraction of sp³-hybridized carbons (Fsp3) is 0.765. The Hall–Kier alpha value is -0.340. The van der Waals surface area contributed by atoms with Crippen molar-refractivity contribution in [2.45, 2.75) is 71.8 Å². The van der Waals surface area contributed by atoms with Gasteiger partial charge in [-0.25, -0.2) is 0 Å². The molecule has 2 heteroatoms. The largest absolute Gasteiger partial charge is 0.309 e. The fourth-order valence-corrected chi connectivity index (χ4v) is 4.74. The van der Waals surface area contributed by atoms with Gasteiger partial charge in [0.2, 0.25) is 0 Å². The zero-order valence-electron chi connectivity index (χ0n) is 12.8. The van der Waals surface area contributed by atoms with Gasteiger partial charge in [0.15, 0.2) is 0 Å². The minimum absolute atomic E-state index is 0.519. The molecule has 108 valence electrons. The van der Waals surface area contributed by atoms with Gasteiger partial charge in [-0.15, -0.1) is 11.3 Å². The van der Waals surface area contributed by atoms with Crippen LogP contribution < -0.4 is 5.32 Å². The molecule has 0 aliphatic heterocycles. The molecule has 0 aromatic carbocycles. The first kappa shape index (κ1) is 15.1. The SMILES string of the molecule is CCCNC(c1ccc(CC)s1)C1(CC)CCCC1. The molecule has 1 nitrogen and oxygen atoms in total. The second-order valence-electron chi connectivity index (χ2n) is 5.97. The second kappa shape index (κ2) is 6.90. The van der Waals surface area contributed by atoms with Crippen LogP contribution in [0.4, 0.5) is 0 Å². The summed E-state index contributed by atoms with van der Waals surface area (Å²) in [5.41, 5.74) is 0.519. The Balaban J connectivity index is 2.23. The molecule has 1 N–H and O–H groups in total. The molecule has 1 aromatic heterocycles. The van der Waals surface area contributed by atoms with E-state index >= 15 is 0 Å². The van der Waals surface area contributed by atoms with Crippen LogP contribution in [0.3, 0.4) is 0 Å². The fourth-order valence-electron chi connectivity index (χ4n) is 3.57. The van der Waals surface area contributed by atoms with Crippen molar-refractivity contribution in [1.82, 2.24) is 5.32 Å². The first-order valence-corrected chi connectivity index (χ1v) is 8.89. The molecule has 19 heavy (non-hydrogen) atoms. The summed E-state index contributed by atoms with van der Waals surface area (Å²) in [5, 5.41) is 3.87. The van der Waals surface area contributed by atoms with E-state index in [-0.39, 0.29) is 0 Å². The van der Waals surface area contributed by atoms with E-state index in [0.29, 0.717) is 11.5 Å². The first-order valence-electron chi connectivity index (χ1n) is 8.07. The van der Waals surface area contributed by atoms with Crippen LogP contribution in [0.25, 0.3) is 0 Å². The van der Waals surface area contributed by atoms with Crippen molar-refractivity contribution in [3.8, 4) is 0 Å². The third-order valence-electron chi connectivity index (χ3n) is 4.83. The zero-order chi connectivity index (χ0) is 13.7. The van der Waals surface area contributed by atoms with Gasteiger partial charge in [0.1, 0.15) is 0 Å². The lowest BCUT2D eigenvalue weighted by Crippen LogP contribution is -2.36. The highest BCUT2D eigenvalue weighted by molar-refractivity contribution is 7.12. The highest BCUT2D eigenvalue weighted by Crippen LogP contribution is 2.51. The van der Waals surface area contributed by atoms with E-state index in [9.17, 15) is 0 Å². The Labute approximate surface area is 122 Å². The average Bonchev–Trinajstić information content (AvgIpc) is 3.08. The van der Waals surface area contributed by atoms with Crippen molar-refractivity contribution in [1.29, 1.82) is 0 Å². The molecule has 1 atom stereocenters. The summed E-state index contributed by atoms with van der Waals surface area (Å²) in [6.07, 6.45) is 9.36. The standard InChI is InChI=1S/C17H29NS/c1-4-13-18-16(15-10-9-14(5-2)19-15)17(6-3)11-7-8-12-17/h9-10,16,18H,4-8,11-13H2,1-3H3. The maximum absolute atomic E-state index is 3.87. The Bertz CT molecular complexity index is 376. The topological polar surface area (TPSA) is 12.0 Å². The molecule has 0 spiro atoms. The van der Waals surface area contributed by atoms with Gasteiger partial charge in [-0.3, -0.25) is 0 Å². The van der Waals surface area contributed by atoms with Gasteiger partial charge in [0, 0.05) is 15.8 Å². The lowest BCUT2D eigenvalue weighted by Gasteiger charge is -2.37. The van der Waals surface area contributed by atoms with Gasteiger partial charge < -0.3 is 5.32 Å². The highest BCUT2D eigenvalue weighted by Gasteiger charge is 2.40. The number of nitrogens with one attached hydrogen (secondary N) is 1. The van der Waals surface area contributed by atoms with Crippen LogP contribution in [0, 0.1) is 5.41 Å². The summed E-state index contributed by atoms with van der Waals surface area (Å²) in [6.45, 7) is 8.06. The van der Waals surface area contributed by atoms with Crippen molar-refractivity contribution < 1.29 is 0 Å². The Morgan fingerprint density at radius 2 is 1.95 bits per heavy atom. The normalized spacial score (nSPS) is 19.7. The summed E-state index contributed by atoms with van der Waals surface area (Å²) >= 11 is 2.03. The van der Waals surface area contributed by atoms with E-state index < -0.39 is 0 Å². The Kier molecular flexibility index (Phi) is 5.47. The predicted molar refractivity (Wildman–Crippen MR) is 85.9 cm³/mol. The minimum Gasteiger partial charge on any atom is -0.309 e. The van der Waals surface area contributed by atoms with Crippen LogP contribution in [0.5, 0.6) is 0 Å². The molecule has 1 heterocycles. The molecule has 0 radical (unpaired) electrons. The first-order chi connectivity index (χ1) is 9.25. The molecule has 1 aromatic rings. The van der Waals surface area contributed by atoms with Crippen molar-refractivity contribution in [2.24, 2.45) is 5.41 Å². The zero-order valence-corrected chi connectivity index (χ0v) is 13.6. The summed E-state index contributed by atoms with van der Waals surface area (Å²) in [5.74, 6) is 0. The van der Waals surface area contributed by atoms with Gasteiger partial charge in [-0.2, -0.15) is 0 Å². The highest BCUT2D eigenvalue weighted by atomic mass is 32.1. The van der Waals surface area contributed by atoms with E-state index in [1.54, 1.807) is 4.88 Å². The van der Waals surface area contributed by atoms with Crippen LogP contribution in [0.1, 0.15) is 75.1 Å². The Morgan fingerprint density at radius 3 is 2.47 bits per heavy atom. The summed E-state index contributed by atoms with van der Waals surface area (Å²) in [7, 11) is 0. The third-order valence-corrected chi connectivity index (χ3v) is 6.12. The maximum atomic E-state index is 3.87. The molecule has 2 rings (SSSR count). The lowest BCUT2D eigenvalue weighted by atomic mass is 9.75. The molecule has 1 fully saturated rings. The molecule has 0 amide bonds. The van der Waals surface area contributed by atoms with Gasteiger partial charge >= 0.3 is 0 Å². The van der Waals surface area contributed by atoms with Crippen LogP contribution >= 0.6 is 11.3 Å². The molecular weight excluding hydrogens is 250 g/mol. The monoisotopic (exact) mass is 279 g/mol. The second-order valence-corrected chi connectivity index (χ2v) is 7.17. The molecule has 1 unspecified atom stereocenters. The van der Waals surface area contributed by atoms with E-state index in [1.165, 1.54) is 49.8 Å². The number of thiophene rings is 1. The van der Waals surface area contributed by atoms with Gasteiger partial charge in [0.25, 0.3) is 0 Å². The van der Waals surface area contributed by atoms with Gasteiger partial charge in [-0.05, 0) is 56.2 Å². The van der Waals surface area contributed by atoms with Crippen molar-refractivity contribution in [3.05, 3.63) is 21.9 Å². The molecule has 0 saturated heterocycles. The number of rotatable bonds is 7. The lowest BCUT2D eigenvalue weighted by molar-refractivity contribution is 0.190. The average molecular weight is 279 g/mol. The van der Waals surface area contributed by atoms with Crippen LogP contribution in [0.15, 0.2) is 12.1 Å². The molecular formula is C17H29NS. The summed E-state index contributed by atoms with van der Waals surface area (Å²) < 4.78 is 0. The van der Waals surface area contributed by atoms with Gasteiger partial charge in [0.05, 0.1) is 0 Å². The quantitative estimate of drug-likeness (QED) is 0.712. The Morgan fingerprint density at radius 1 is 1.21 bits per heavy atom. The summed E-state index contributed by atoms with van der Waals surface area (Å²) in [4.78, 5) is 3.11. The number of aryl methyl sites for hydroxylation is 1. The van der Waals surface area contributed by atoms with Gasteiger partial charge in [-0.1, -0.05) is 33.6 Å². The maximum Gasteiger partial charge on any atom is 0.0471 e. The predicted octanol–water partition coefficient (Wildman–Crippen LogP) is 5.32. The third kappa shape index (κ3) is 3.22.